The van der Waals surface area contributed by atoms with Crippen molar-refractivity contribution >= 4 is 0 Å². The summed E-state index contributed by atoms with van der Waals surface area (Å²) in [6, 6.07) is 10.1. The van der Waals surface area contributed by atoms with E-state index in [0.717, 1.165) is 6.42 Å². The van der Waals surface area contributed by atoms with E-state index in [4.69, 9.17) is 14.2 Å². The van der Waals surface area contributed by atoms with Gasteiger partial charge in [0.25, 0.3) is 0 Å². The first kappa shape index (κ1) is 15.2. The maximum absolute atomic E-state index is 9.73. The molecule has 1 N–H and O–H groups in total. The van der Waals surface area contributed by atoms with Crippen molar-refractivity contribution in [2.24, 2.45) is 0 Å². The van der Waals surface area contributed by atoms with E-state index in [9.17, 15) is 5.11 Å². The number of epoxide rings is 1. The molecule has 0 bridgehead atoms. The molecule has 1 aliphatic heterocycles. The second-order valence-corrected chi connectivity index (χ2v) is 4.83. The zero-order valence-electron chi connectivity index (χ0n) is 11.6. The molecule has 0 aliphatic carbocycles. The SMILES string of the molecule is C=CC(O)C(OCCCOCc1ccccc1)C1CO1. The predicted octanol–water partition coefficient (Wildman–Crippen LogP) is 1.92. The quantitative estimate of drug-likeness (QED) is 0.403. The molecule has 1 heterocycles. The monoisotopic (exact) mass is 278 g/mol. The number of rotatable bonds is 10. The van der Waals surface area contributed by atoms with Crippen LogP contribution in [0.3, 0.4) is 0 Å². The van der Waals surface area contributed by atoms with Gasteiger partial charge in [-0.25, -0.2) is 0 Å². The summed E-state index contributed by atoms with van der Waals surface area (Å²) in [5, 5.41) is 9.73. The molecule has 0 spiro atoms. The summed E-state index contributed by atoms with van der Waals surface area (Å²) < 4.78 is 16.4. The summed E-state index contributed by atoms with van der Waals surface area (Å²) in [5.41, 5.74) is 1.17. The molecule has 0 amide bonds. The van der Waals surface area contributed by atoms with Crippen LogP contribution >= 0.6 is 0 Å². The minimum absolute atomic E-state index is 0.00763. The lowest BCUT2D eigenvalue weighted by Crippen LogP contribution is -2.33. The topological polar surface area (TPSA) is 51.2 Å². The molecule has 1 saturated heterocycles. The van der Waals surface area contributed by atoms with Crippen molar-refractivity contribution in [1.82, 2.24) is 0 Å². The van der Waals surface area contributed by atoms with Gasteiger partial charge in [-0.1, -0.05) is 36.4 Å². The highest BCUT2D eigenvalue weighted by molar-refractivity contribution is 5.13. The number of ether oxygens (including phenoxy) is 3. The van der Waals surface area contributed by atoms with Crippen LogP contribution in [0, 0.1) is 0 Å². The fourth-order valence-corrected chi connectivity index (χ4v) is 1.95. The van der Waals surface area contributed by atoms with Crippen LogP contribution in [0.4, 0.5) is 0 Å². The Morgan fingerprint density at radius 3 is 2.75 bits per heavy atom. The molecule has 2 rings (SSSR count). The molecule has 0 saturated carbocycles. The number of hydrogen-bond acceptors (Lipinski definition) is 4. The Morgan fingerprint density at radius 1 is 1.35 bits per heavy atom. The van der Waals surface area contributed by atoms with E-state index in [-0.39, 0.29) is 12.2 Å². The Hall–Kier alpha value is -1.20. The third-order valence-electron chi connectivity index (χ3n) is 3.16. The van der Waals surface area contributed by atoms with E-state index < -0.39 is 6.10 Å². The summed E-state index contributed by atoms with van der Waals surface area (Å²) in [5.74, 6) is 0. The zero-order valence-corrected chi connectivity index (χ0v) is 11.6. The van der Waals surface area contributed by atoms with Crippen LogP contribution in [-0.2, 0) is 20.8 Å². The molecule has 3 unspecified atom stereocenters. The summed E-state index contributed by atoms with van der Waals surface area (Å²) in [4.78, 5) is 0. The van der Waals surface area contributed by atoms with Crippen molar-refractivity contribution in [3.05, 3.63) is 48.6 Å². The maximum Gasteiger partial charge on any atom is 0.115 e. The Labute approximate surface area is 120 Å². The second kappa shape index (κ2) is 8.17. The highest BCUT2D eigenvalue weighted by atomic mass is 16.6. The third-order valence-corrected chi connectivity index (χ3v) is 3.16. The lowest BCUT2D eigenvalue weighted by molar-refractivity contribution is -0.0388. The van der Waals surface area contributed by atoms with E-state index in [0.29, 0.717) is 26.4 Å². The maximum atomic E-state index is 9.73. The van der Waals surface area contributed by atoms with E-state index in [1.54, 1.807) is 0 Å². The molecule has 1 aromatic rings. The molecule has 4 nitrogen and oxygen atoms in total. The summed E-state index contributed by atoms with van der Waals surface area (Å²) in [7, 11) is 0. The predicted molar refractivity (Wildman–Crippen MR) is 76.4 cm³/mol. The van der Waals surface area contributed by atoms with Gasteiger partial charge in [0.05, 0.1) is 13.2 Å². The molecule has 20 heavy (non-hydrogen) atoms. The largest absolute Gasteiger partial charge is 0.386 e. The van der Waals surface area contributed by atoms with Crippen molar-refractivity contribution in [3.63, 3.8) is 0 Å². The standard InChI is InChI=1S/C16H22O4/c1-2-14(17)16(15-12-20-15)19-10-6-9-18-11-13-7-4-3-5-8-13/h2-5,7-8,14-17H,1,6,9-12H2. The van der Waals surface area contributed by atoms with Gasteiger partial charge in [-0.3, -0.25) is 0 Å². The molecular weight excluding hydrogens is 256 g/mol. The molecular formula is C16H22O4. The lowest BCUT2D eigenvalue weighted by atomic mass is 10.1. The van der Waals surface area contributed by atoms with Crippen molar-refractivity contribution in [3.8, 4) is 0 Å². The minimum atomic E-state index is -0.673. The molecule has 1 aliphatic rings. The second-order valence-electron chi connectivity index (χ2n) is 4.83. The first-order valence-electron chi connectivity index (χ1n) is 6.97. The van der Waals surface area contributed by atoms with Gasteiger partial charge >= 0.3 is 0 Å². The Kier molecular flexibility index (Phi) is 6.21. The minimum Gasteiger partial charge on any atom is -0.386 e. The van der Waals surface area contributed by atoms with Crippen molar-refractivity contribution < 1.29 is 19.3 Å². The Balaban J connectivity index is 1.55. The van der Waals surface area contributed by atoms with E-state index in [1.165, 1.54) is 11.6 Å². The number of benzene rings is 1. The molecule has 0 aromatic heterocycles. The van der Waals surface area contributed by atoms with Crippen LogP contribution < -0.4 is 0 Å². The van der Waals surface area contributed by atoms with Gasteiger partial charge in [0.15, 0.2) is 0 Å². The van der Waals surface area contributed by atoms with Gasteiger partial charge in [0.1, 0.15) is 18.3 Å². The van der Waals surface area contributed by atoms with Crippen molar-refractivity contribution in [2.75, 3.05) is 19.8 Å². The zero-order chi connectivity index (χ0) is 14.2. The molecule has 110 valence electrons. The molecule has 4 heteroatoms. The van der Waals surface area contributed by atoms with E-state index in [2.05, 4.69) is 6.58 Å². The van der Waals surface area contributed by atoms with Crippen molar-refractivity contribution in [1.29, 1.82) is 0 Å². The summed E-state index contributed by atoms with van der Waals surface area (Å²) >= 11 is 0. The molecule has 0 radical (unpaired) electrons. The van der Waals surface area contributed by atoms with E-state index in [1.807, 2.05) is 30.3 Å². The van der Waals surface area contributed by atoms with Crippen LogP contribution in [-0.4, -0.2) is 43.2 Å². The summed E-state index contributed by atoms with van der Waals surface area (Å²) in [6.07, 6.45) is 1.31. The van der Waals surface area contributed by atoms with Crippen LogP contribution in [0.2, 0.25) is 0 Å². The highest BCUT2D eigenvalue weighted by Crippen LogP contribution is 2.20. The van der Waals surface area contributed by atoms with Gasteiger partial charge in [-0.2, -0.15) is 0 Å². The lowest BCUT2D eigenvalue weighted by Gasteiger charge is -2.19. The summed E-state index contributed by atoms with van der Waals surface area (Å²) in [6.45, 7) is 6.02. The van der Waals surface area contributed by atoms with Gasteiger partial charge in [0, 0.05) is 13.2 Å². The van der Waals surface area contributed by atoms with E-state index >= 15 is 0 Å². The van der Waals surface area contributed by atoms with Crippen LogP contribution in [0.25, 0.3) is 0 Å². The smallest absolute Gasteiger partial charge is 0.115 e. The first-order chi connectivity index (χ1) is 9.81. The first-order valence-corrected chi connectivity index (χ1v) is 6.97. The fourth-order valence-electron chi connectivity index (χ4n) is 1.95. The highest BCUT2D eigenvalue weighted by Gasteiger charge is 2.37. The molecule has 3 atom stereocenters. The van der Waals surface area contributed by atoms with Gasteiger partial charge in [-0.15, -0.1) is 6.58 Å². The van der Waals surface area contributed by atoms with Gasteiger partial charge in [0.2, 0.25) is 0 Å². The van der Waals surface area contributed by atoms with Crippen LogP contribution in [0.5, 0.6) is 0 Å². The Morgan fingerprint density at radius 2 is 2.10 bits per heavy atom. The third kappa shape index (κ3) is 5.06. The van der Waals surface area contributed by atoms with Crippen LogP contribution in [0.15, 0.2) is 43.0 Å². The van der Waals surface area contributed by atoms with Crippen LogP contribution in [0.1, 0.15) is 12.0 Å². The Bertz CT molecular complexity index is 389. The number of aliphatic hydroxyl groups is 1. The van der Waals surface area contributed by atoms with Crippen molar-refractivity contribution in [2.45, 2.75) is 31.3 Å². The average Bonchev–Trinajstić information content (AvgIpc) is 3.31. The normalized spacial score (nSPS) is 20.4. The van der Waals surface area contributed by atoms with Gasteiger partial charge < -0.3 is 19.3 Å². The average molecular weight is 278 g/mol. The van der Waals surface area contributed by atoms with Gasteiger partial charge in [-0.05, 0) is 12.0 Å². The number of hydrogen-bond donors (Lipinski definition) is 1. The molecule has 1 fully saturated rings. The fraction of sp³-hybridized carbons (Fsp3) is 0.500. The number of aliphatic hydroxyl groups excluding tert-OH is 1. The molecule has 1 aromatic carbocycles.